The molecule has 0 aliphatic rings. The molecule has 0 aliphatic heterocycles. The van der Waals surface area contributed by atoms with Crippen molar-refractivity contribution in [1.29, 1.82) is 0 Å². The van der Waals surface area contributed by atoms with E-state index in [9.17, 15) is 9.59 Å². The number of hydrogen-bond donors (Lipinski definition) is 0. The largest absolute Gasteiger partial charge is 0.318 e. The molecule has 5 rings (SSSR count). The highest BCUT2D eigenvalue weighted by atomic mass is 32.1. The van der Waals surface area contributed by atoms with Gasteiger partial charge in [-0.05, 0) is 51.1 Å². The fourth-order valence-electron chi connectivity index (χ4n) is 4.57. The second kappa shape index (κ2) is 9.43. The minimum absolute atomic E-state index is 0.0509. The maximum Gasteiger partial charge on any atom is 0.173 e. The highest BCUT2D eigenvalue weighted by molar-refractivity contribution is 7.18. The van der Waals surface area contributed by atoms with Gasteiger partial charge in [-0.2, -0.15) is 0 Å². The van der Waals surface area contributed by atoms with Crippen LogP contribution in [-0.4, -0.2) is 21.1 Å². The molecule has 0 aliphatic carbocycles. The summed E-state index contributed by atoms with van der Waals surface area (Å²) in [7, 11) is 0. The molecule has 2 aromatic heterocycles. The van der Waals surface area contributed by atoms with Gasteiger partial charge in [-0.15, -0.1) is 11.3 Å². The maximum absolute atomic E-state index is 13.7. The van der Waals surface area contributed by atoms with Gasteiger partial charge in [-0.3, -0.25) is 9.59 Å². The van der Waals surface area contributed by atoms with Gasteiger partial charge in [0, 0.05) is 34.6 Å². The van der Waals surface area contributed by atoms with Gasteiger partial charge in [-0.25, -0.2) is 4.98 Å². The highest BCUT2D eigenvalue weighted by Gasteiger charge is 2.30. The lowest BCUT2D eigenvalue weighted by atomic mass is 9.91. The molecule has 0 N–H and O–H groups in total. The van der Waals surface area contributed by atoms with Crippen LogP contribution in [0.2, 0.25) is 0 Å². The minimum Gasteiger partial charge on any atom is -0.318 e. The number of rotatable bonds is 7. The Morgan fingerprint density at radius 1 is 0.886 bits per heavy atom. The molecule has 0 saturated heterocycles. The third-order valence-electron chi connectivity index (χ3n) is 6.40. The molecule has 0 radical (unpaired) electrons. The molecule has 0 fully saturated rings. The summed E-state index contributed by atoms with van der Waals surface area (Å²) in [6.07, 6.45) is 0.0751. The molecular weight excluding hydrogens is 452 g/mol. The van der Waals surface area contributed by atoms with Crippen molar-refractivity contribution in [3.8, 4) is 5.69 Å². The highest BCUT2D eigenvalue weighted by Crippen LogP contribution is 2.33. The summed E-state index contributed by atoms with van der Waals surface area (Å²) >= 11 is 1.49. The lowest BCUT2D eigenvalue weighted by Gasteiger charge is -2.14. The Morgan fingerprint density at radius 2 is 1.57 bits per heavy atom. The Hall–Kier alpha value is -3.83. The molecule has 0 amide bonds. The molecule has 0 spiro atoms. The van der Waals surface area contributed by atoms with Gasteiger partial charge in [0.05, 0.1) is 16.1 Å². The number of thiazole rings is 1. The monoisotopic (exact) mass is 478 g/mol. The van der Waals surface area contributed by atoms with Crippen molar-refractivity contribution < 1.29 is 9.59 Å². The molecule has 0 bridgehead atoms. The number of para-hydroxylation sites is 1. The van der Waals surface area contributed by atoms with Crippen LogP contribution in [0.5, 0.6) is 0 Å². The van der Waals surface area contributed by atoms with E-state index >= 15 is 0 Å². The molecule has 3 aromatic carbocycles. The Balaban J connectivity index is 1.52. The van der Waals surface area contributed by atoms with Crippen molar-refractivity contribution in [3.05, 3.63) is 118 Å². The van der Waals surface area contributed by atoms with Crippen LogP contribution in [-0.2, 0) is 0 Å². The van der Waals surface area contributed by atoms with E-state index in [1.165, 1.54) is 16.9 Å². The van der Waals surface area contributed by atoms with Crippen molar-refractivity contribution in [1.82, 2.24) is 9.55 Å². The molecule has 1 atom stereocenters. The van der Waals surface area contributed by atoms with Crippen LogP contribution < -0.4 is 0 Å². The van der Waals surface area contributed by atoms with Gasteiger partial charge in [-0.1, -0.05) is 60.2 Å². The van der Waals surface area contributed by atoms with E-state index in [0.717, 1.165) is 27.3 Å². The number of benzene rings is 3. The number of hydrogen-bond acceptors (Lipinski definition) is 4. The van der Waals surface area contributed by atoms with E-state index < -0.39 is 5.92 Å². The van der Waals surface area contributed by atoms with Crippen LogP contribution in [0.15, 0.2) is 84.9 Å². The predicted molar refractivity (Wildman–Crippen MR) is 142 cm³/mol. The summed E-state index contributed by atoms with van der Waals surface area (Å²) in [5.41, 5.74) is 6.17. The molecule has 4 nitrogen and oxygen atoms in total. The molecular formula is C30H26N2O2S. The van der Waals surface area contributed by atoms with Crippen LogP contribution in [0.3, 0.4) is 0 Å². The first kappa shape index (κ1) is 22.9. The number of Topliss-reactive ketones (excluding diaryl/α,β-unsaturated/α-hetero) is 2. The normalized spacial score (nSPS) is 12.1. The minimum atomic E-state index is -0.635. The summed E-state index contributed by atoms with van der Waals surface area (Å²) in [4.78, 5) is 32.0. The zero-order chi connectivity index (χ0) is 24.5. The zero-order valence-corrected chi connectivity index (χ0v) is 20.8. The van der Waals surface area contributed by atoms with E-state index in [4.69, 9.17) is 4.98 Å². The molecule has 1 unspecified atom stereocenters. The average Bonchev–Trinajstić information content (AvgIpc) is 3.43. The standard InChI is InChI=1S/C30H26N2O2S/c1-19-13-15-23(16-14-19)32-20(2)17-24(21(32)3)27(33)18-25(29(34)22-9-5-4-6-10-22)30-31-26-11-7-8-12-28(26)35-30/h4-17,25H,18H2,1-3H3. The molecule has 0 saturated carbocycles. The third-order valence-corrected chi connectivity index (χ3v) is 7.55. The van der Waals surface area contributed by atoms with Gasteiger partial charge < -0.3 is 4.57 Å². The quantitative estimate of drug-likeness (QED) is 0.231. The zero-order valence-electron chi connectivity index (χ0n) is 20.0. The van der Waals surface area contributed by atoms with Crippen molar-refractivity contribution in [3.63, 3.8) is 0 Å². The van der Waals surface area contributed by atoms with E-state index in [1.54, 1.807) is 12.1 Å². The first-order chi connectivity index (χ1) is 16.9. The lowest BCUT2D eigenvalue weighted by molar-refractivity contribution is 0.0893. The van der Waals surface area contributed by atoms with Crippen molar-refractivity contribution in [2.75, 3.05) is 0 Å². The lowest BCUT2D eigenvalue weighted by Crippen LogP contribution is -2.17. The number of fused-ring (bicyclic) bond motifs is 1. The number of ketones is 2. The van der Waals surface area contributed by atoms with Gasteiger partial charge in [0.15, 0.2) is 11.6 Å². The van der Waals surface area contributed by atoms with Gasteiger partial charge >= 0.3 is 0 Å². The summed E-state index contributed by atoms with van der Waals surface area (Å²) in [6, 6.07) is 27.2. The van der Waals surface area contributed by atoms with Crippen molar-refractivity contribution >= 4 is 33.1 Å². The second-order valence-electron chi connectivity index (χ2n) is 8.89. The van der Waals surface area contributed by atoms with Crippen molar-refractivity contribution in [2.24, 2.45) is 0 Å². The van der Waals surface area contributed by atoms with Crippen LogP contribution in [0.25, 0.3) is 15.9 Å². The molecule has 2 heterocycles. The van der Waals surface area contributed by atoms with E-state index in [0.29, 0.717) is 16.1 Å². The van der Waals surface area contributed by atoms with E-state index in [1.807, 2.05) is 62.4 Å². The average molecular weight is 479 g/mol. The molecule has 174 valence electrons. The van der Waals surface area contributed by atoms with Crippen LogP contribution in [0.4, 0.5) is 0 Å². The number of nitrogens with zero attached hydrogens (tertiary/aromatic N) is 2. The first-order valence-electron chi connectivity index (χ1n) is 11.7. The van der Waals surface area contributed by atoms with Crippen LogP contribution in [0, 0.1) is 20.8 Å². The van der Waals surface area contributed by atoms with Crippen LogP contribution in [0.1, 0.15) is 55.0 Å². The Morgan fingerprint density at radius 3 is 2.29 bits per heavy atom. The van der Waals surface area contributed by atoms with Crippen molar-refractivity contribution in [2.45, 2.75) is 33.1 Å². The number of carbonyl (C=O) groups is 2. The third kappa shape index (κ3) is 4.47. The topological polar surface area (TPSA) is 52.0 Å². The summed E-state index contributed by atoms with van der Waals surface area (Å²) < 4.78 is 3.11. The SMILES string of the molecule is Cc1ccc(-n2c(C)cc(C(=O)CC(C(=O)c3ccccc3)c3nc4ccccc4s3)c2C)cc1. The Kier molecular flexibility index (Phi) is 6.18. The fourth-order valence-corrected chi connectivity index (χ4v) is 5.63. The molecule has 35 heavy (non-hydrogen) atoms. The smallest absolute Gasteiger partial charge is 0.173 e. The summed E-state index contributed by atoms with van der Waals surface area (Å²) in [5.74, 6) is -0.764. The summed E-state index contributed by atoms with van der Waals surface area (Å²) in [6.45, 7) is 6.02. The maximum atomic E-state index is 13.7. The predicted octanol–water partition coefficient (Wildman–Crippen LogP) is 7.25. The Bertz CT molecular complexity index is 1500. The number of carbonyl (C=O) groups excluding carboxylic acids is 2. The molecule has 5 aromatic rings. The van der Waals surface area contributed by atoms with Gasteiger partial charge in [0.2, 0.25) is 0 Å². The summed E-state index contributed by atoms with van der Waals surface area (Å²) in [5, 5.41) is 0.681. The van der Waals surface area contributed by atoms with Crippen LogP contribution >= 0.6 is 11.3 Å². The fraction of sp³-hybridized carbons (Fsp3) is 0.167. The number of aromatic nitrogens is 2. The Labute approximate surface area is 208 Å². The van der Waals surface area contributed by atoms with E-state index in [-0.39, 0.29) is 18.0 Å². The molecule has 5 heteroatoms. The first-order valence-corrected chi connectivity index (χ1v) is 12.5. The van der Waals surface area contributed by atoms with Gasteiger partial charge in [0.1, 0.15) is 5.01 Å². The van der Waals surface area contributed by atoms with Gasteiger partial charge in [0.25, 0.3) is 0 Å². The number of aryl methyl sites for hydroxylation is 2. The van der Waals surface area contributed by atoms with E-state index in [2.05, 4.69) is 35.8 Å². The second-order valence-corrected chi connectivity index (χ2v) is 9.95.